The smallest absolute Gasteiger partial charge is 0.254 e. The number of carbonyl (C=O) groups excluding carboxylic acids is 1. The zero-order valence-corrected chi connectivity index (χ0v) is 15.0. The summed E-state index contributed by atoms with van der Waals surface area (Å²) in [5.74, 6) is -4.87. The average molecular weight is 380 g/mol. The van der Waals surface area contributed by atoms with Crippen molar-refractivity contribution in [2.75, 3.05) is 25.1 Å². The van der Waals surface area contributed by atoms with E-state index in [4.69, 9.17) is 0 Å². The molecule has 1 amide bonds. The van der Waals surface area contributed by atoms with Crippen molar-refractivity contribution in [2.24, 2.45) is 0 Å². The Labute approximate surface area is 154 Å². The van der Waals surface area contributed by atoms with Crippen LogP contribution >= 0.6 is 0 Å². The fourth-order valence-corrected chi connectivity index (χ4v) is 2.98. The van der Waals surface area contributed by atoms with Crippen molar-refractivity contribution < 1.29 is 22.7 Å². The lowest BCUT2D eigenvalue weighted by Gasteiger charge is -2.17. The molecule has 2 heterocycles. The molecule has 1 N–H and O–H groups in total. The molecule has 1 saturated heterocycles. The highest BCUT2D eigenvalue weighted by atomic mass is 19.2. The third-order valence-corrected chi connectivity index (χ3v) is 4.29. The summed E-state index contributed by atoms with van der Waals surface area (Å²) in [4.78, 5) is 23.0. The van der Waals surface area contributed by atoms with Crippen LogP contribution in [0.15, 0.2) is 12.1 Å². The first-order chi connectivity index (χ1) is 12.9. The molecule has 0 radical (unpaired) electrons. The number of benzene rings is 1. The maximum Gasteiger partial charge on any atom is 0.254 e. The maximum absolute atomic E-state index is 14.2. The second-order valence-electron chi connectivity index (χ2n) is 6.23. The molecule has 0 bridgehead atoms. The molecule has 3 rings (SSSR count). The molecule has 6 nitrogen and oxygen atoms in total. The van der Waals surface area contributed by atoms with Crippen LogP contribution in [0.1, 0.15) is 34.7 Å². The van der Waals surface area contributed by atoms with E-state index < -0.39 is 34.7 Å². The minimum Gasteiger partial charge on any atom is -0.491 e. The van der Waals surface area contributed by atoms with E-state index in [1.807, 2.05) is 13.0 Å². The Hall–Kier alpha value is -2.84. The summed E-state index contributed by atoms with van der Waals surface area (Å²) in [7, 11) is 0.989. The highest BCUT2D eigenvalue weighted by Crippen LogP contribution is 2.27. The molecule has 0 saturated carbocycles. The zero-order chi connectivity index (χ0) is 19.6. The molecule has 0 atom stereocenters. The van der Waals surface area contributed by atoms with E-state index in [1.54, 1.807) is 0 Å². The van der Waals surface area contributed by atoms with Crippen LogP contribution < -0.4 is 15.0 Å². The molecule has 0 unspecified atom stereocenters. The number of aryl methyl sites for hydroxylation is 1. The predicted octanol–water partition coefficient (Wildman–Crippen LogP) is 2.74. The number of aromatic nitrogens is 2. The zero-order valence-electron chi connectivity index (χ0n) is 15.0. The highest BCUT2D eigenvalue weighted by Gasteiger charge is 2.24. The van der Waals surface area contributed by atoms with Gasteiger partial charge in [-0.1, -0.05) is 0 Å². The van der Waals surface area contributed by atoms with Crippen molar-refractivity contribution in [2.45, 2.75) is 26.3 Å². The Morgan fingerprint density at radius 1 is 1.19 bits per heavy atom. The van der Waals surface area contributed by atoms with Gasteiger partial charge >= 0.3 is 0 Å². The number of hydrogen-bond donors (Lipinski definition) is 1. The molecule has 1 aliphatic rings. The van der Waals surface area contributed by atoms with Crippen molar-refractivity contribution in [3.63, 3.8) is 0 Å². The van der Waals surface area contributed by atoms with Crippen molar-refractivity contribution in [1.82, 2.24) is 15.3 Å². The second kappa shape index (κ2) is 7.81. The van der Waals surface area contributed by atoms with Gasteiger partial charge in [0, 0.05) is 24.8 Å². The van der Waals surface area contributed by atoms with Gasteiger partial charge in [0.15, 0.2) is 17.4 Å². The SMILES string of the molecule is COc1c(F)c(F)cc(C(=O)NCc2nc(C)cc(N3CCCC3)n2)c1F. The number of carbonyl (C=O) groups is 1. The van der Waals surface area contributed by atoms with E-state index in [-0.39, 0.29) is 6.54 Å². The molecule has 9 heteroatoms. The lowest BCUT2D eigenvalue weighted by atomic mass is 10.1. The molecule has 1 aliphatic heterocycles. The fraction of sp³-hybridized carbons (Fsp3) is 0.389. The van der Waals surface area contributed by atoms with Gasteiger partial charge in [-0.15, -0.1) is 0 Å². The molecule has 0 aliphatic carbocycles. The van der Waals surface area contributed by atoms with E-state index in [9.17, 15) is 18.0 Å². The van der Waals surface area contributed by atoms with E-state index in [0.717, 1.165) is 44.6 Å². The normalized spacial score (nSPS) is 13.7. The van der Waals surface area contributed by atoms with E-state index in [0.29, 0.717) is 11.9 Å². The van der Waals surface area contributed by atoms with Gasteiger partial charge in [0.2, 0.25) is 5.82 Å². The number of nitrogens with one attached hydrogen (secondary N) is 1. The van der Waals surface area contributed by atoms with E-state index in [1.165, 1.54) is 0 Å². The number of nitrogens with zero attached hydrogens (tertiary/aromatic N) is 3. The standard InChI is InChI=1S/C18H19F3N4O2/c1-10-7-14(25-5-3-4-6-25)24-13(23-10)9-22-18(26)11-8-12(19)16(21)17(27-2)15(11)20/h7-8H,3-6,9H2,1-2H3,(H,22,26). The molecule has 27 heavy (non-hydrogen) atoms. The number of methoxy groups -OCH3 is 1. The fourth-order valence-electron chi connectivity index (χ4n) is 2.98. The van der Waals surface area contributed by atoms with Gasteiger partial charge in [0.05, 0.1) is 19.2 Å². The third kappa shape index (κ3) is 3.96. The molecule has 1 fully saturated rings. The number of anilines is 1. The number of rotatable bonds is 5. The summed E-state index contributed by atoms with van der Waals surface area (Å²) >= 11 is 0. The minimum absolute atomic E-state index is 0.0812. The minimum atomic E-state index is -1.48. The van der Waals surface area contributed by atoms with Crippen molar-refractivity contribution in [1.29, 1.82) is 0 Å². The lowest BCUT2D eigenvalue weighted by Crippen LogP contribution is -2.26. The largest absolute Gasteiger partial charge is 0.491 e. The predicted molar refractivity (Wildman–Crippen MR) is 92.3 cm³/mol. The maximum atomic E-state index is 14.2. The molecule has 2 aromatic rings. The van der Waals surface area contributed by atoms with Gasteiger partial charge in [-0.05, 0) is 25.8 Å². The van der Waals surface area contributed by atoms with Crippen LogP contribution in [0, 0.1) is 24.4 Å². The van der Waals surface area contributed by atoms with Crippen LogP contribution in [-0.2, 0) is 6.54 Å². The Bertz CT molecular complexity index is 870. The summed E-state index contributed by atoms with van der Waals surface area (Å²) in [6.07, 6.45) is 2.18. The summed E-state index contributed by atoms with van der Waals surface area (Å²) in [6.45, 7) is 3.54. The van der Waals surface area contributed by atoms with Crippen LogP contribution in [0.4, 0.5) is 19.0 Å². The van der Waals surface area contributed by atoms with Gasteiger partial charge in [-0.2, -0.15) is 4.39 Å². The highest BCUT2D eigenvalue weighted by molar-refractivity contribution is 5.94. The van der Waals surface area contributed by atoms with Crippen LogP contribution in [0.25, 0.3) is 0 Å². The van der Waals surface area contributed by atoms with Gasteiger partial charge in [-0.3, -0.25) is 4.79 Å². The summed E-state index contributed by atoms with van der Waals surface area (Å²) in [5, 5.41) is 2.43. The Balaban J connectivity index is 1.77. The van der Waals surface area contributed by atoms with Crippen molar-refractivity contribution >= 4 is 11.7 Å². The number of amides is 1. The first kappa shape index (κ1) is 18.9. The monoisotopic (exact) mass is 380 g/mol. The quantitative estimate of drug-likeness (QED) is 0.808. The average Bonchev–Trinajstić information content (AvgIpc) is 3.17. The number of hydrogen-bond acceptors (Lipinski definition) is 5. The lowest BCUT2D eigenvalue weighted by molar-refractivity contribution is 0.0944. The Kier molecular flexibility index (Phi) is 5.48. The number of ether oxygens (including phenoxy) is 1. The summed E-state index contributed by atoms with van der Waals surface area (Å²) < 4.78 is 45.8. The van der Waals surface area contributed by atoms with Gasteiger partial charge in [0.25, 0.3) is 5.91 Å². The first-order valence-corrected chi connectivity index (χ1v) is 8.50. The molecule has 1 aromatic heterocycles. The van der Waals surface area contributed by atoms with Gasteiger partial charge in [-0.25, -0.2) is 18.7 Å². The van der Waals surface area contributed by atoms with Crippen molar-refractivity contribution in [3.05, 3.63) is 46.7 Å². The topological polar surface area (TPSA) is 67.3 Å². The molecule has 144 valence electrons. The number of halogens is 3. The molecule has 0 spiro atoms. The summed E-state index contributed by atoms with van der Waals surface area (Å²) in [5.41, 5.74) is 0.0787. The third-order valence-electron chi connectivity index (χ3n) is 4.29. The van der Waals surface area contributed by atoms with Crippen LogP contribution in [-0.4, -0.2) is 36.1 Å². The Morgan fingerprint density at radius 2 is 1.89 bits per heavy atom. The van der Waals surface area contributed by atoms with E-state index in [2.05, 4.69) is 24.9 Å². The van der Waals surface area contributed by atoms with Gasteiger partial charge in [0.1, 0.15) is 11.6 Å². The molecule has 1 aromatic carbocycles. The summed E-state index contributed by atoms with van der Waals surface area (Å²) in [6, 6.07) is 2.35. The van der Waals surface area contributed by atoms with Crippen LogP contribution in [0.5, 0.6) is 5.75 Å². The van der Waals surface area contributed by atoms with Gasteiger partial charge < -0.3 is 15.0 Å². The second-order valence-corrected chi connectivity index (χ2v) is 6.23. The van der Waals surface area contributed by atoms with E-state index >= 15 is 0 Å². The first-order valence-electron chi connectivity index (χ1n) is 8.50. The van der Waals surface area contributed by atoms with Crippen LogP contribution in [0.2, 0.25) is 0 Å². The van der Waals surface area contributed by atoms with Crippen molar-refractivity contribution in [3.8, 4) is 5.75 Å². The Morgan fingerprint density at radius 3 is 2.56 bits per heavy atom. The van der Waals surface area contributed by atoms with Crippen LogP contribution in [0.3, 0.4) is 0 Å². The molecular weight excluding hydrogens is 361 g/mol. The molecular formula is C18H19F3N4O2.